The largest absolute Gasteiger partial charge is 0.351 e. The number of thiophene rings is 1. The monoisotopic (exact) mass is 220 g/mol. The lowest BCUT2D eigenvalue weighted by molar-refractivity contribution is 0.453. The quantitative estimate of drug-likeness (QED) is 0.827. The van der Waals surface area contributed by atoms with Gasteiger partial charge in [-0.15, -0.1) is 11.3 Å². The summed E-state index contributed by atoms with van der Waals surface area (Å²) in [4.78, 5) is 10.9. The highest BCUT2D eigenvalue weighted by Gasteiger charge is 2.29. The molecule has 4 nitrogen and oxygen atoms in total. The molecule has 1 aliphatic rings. The minimum absolute atomic E-state index is 0.463. The summed E-state index contributed by atoms with van der Waals surface area (Å²) < 4.78 is 1.18. The van der Waals surface area contributed by atoms with E-state index in [9.17, 15) is 0 Å². The smallest absolute Gasteiger partial charge is 0.150 e. The van der Waals surface area contributed by atoms with E-state index in [0.29, 0.717) is 12.6 Å². The Morgan fingerprint density at radius 1 is 1.53 bits per heavy atom. The van der Waals surface area contributed by atoms with Crippen molar-refractivity contribution in [2.75, 3.05) is 18.0 Å². The van der Waals surface area contributed by atoms with Crippen molar-refractivity contribution in [3.8, 4) is 0 Å². The highest BCUT2D eigenvalue weighted by molar-refractivity contribution is 7.17. The molecule has 3 rings (SSSR count). The summed E-state index contributed by atoms with van der Waals surface area (Å²) in [6.07, 6.45) is 2.81. The van der Waals surface area contributed by atoms with Crippen LogP contribution in [0.5, 0.6) is 0 Å². The fourth-order valence-electron chi connectivity index (χ4n) is 1.95. The maximum atomic E-state index is 5.70. The maximum Gasteiger partial charge on any atom is 0.150 e. The molecule has 1 saturated heterocycles. The minimum atomic E-state index is 0.463. The third-order valence-electron chi connectivity index (χ3n) is 2.91. The molecule has 3 heterocycles. The molecule has 1 atom stereocenters. The van der Waals surface area contributed by atoms with Crippen LogP contribution < -0.4 is 10.6 Å². The molecule has 2 aromatic heterocycles. The summed E-state index contributed by atoms with van der Waals surface area (Å²) in [6.45, 7) is 1.77. The van der Waals surface area contributed by atoms with Crippen molar-refractivity contribution < 1.29 is 0 Å². The van der Waals surface area contributed by atoms with Gasteiger partial charge in [0.05, 0.1) is 10.2 Å². The van der Waals surface area contributed by atoms with Crippen LogP contribution in [-0.4, -0.2) is 29.1 Å². The Kier molecular flexibility index (Phi) is 2.07. The lowest BCUT2D eigenvalue weighted by Gasteiger charge is -2.41. The Balaban J connectivity index is 2.06. The van der Waals surface area contributed by atoms with E-state index in [-0.39, 0.29) is 0 Å². The molecule has 0 bridgehead atoms. The topological polar surface area (TPSA) is 55.0 Å². The van der Waals surface area contributed by atoms with Gasteiger partial charge in [0.25, 0.3) is 0 Å². The zero-order chi connectivity index (χ0) is 10.3. The van der Waals surface area contributed by atoms with Crippen LogP contribution in [0.3, 0.4) is 0 Å². The van der Waals surface area contributed by atoms with Gasteiger partial charge in [0.15, 0.2) is 0 Å². The van der Waals surface area contributed by atoms with Crippen molar-refractivity contribution >= 4 is 27.4 Å². The normalized spacial score (nSPS) is 20.6. The lowest BCUT2D eigenvalue weighted by atomic mass is 10.0. The fraction of sp³-hybridized carbons (Fsp3) is 0.400. The summed E-state index contributed by atoms with van der Waals surface area (Å²) in [6, 6.07) is 2.49. The lowest BCUT2D eigenvalue weighted by Crippen LogP contribution is -2.52. The van der Waals surface area contributed by atoms with Gasteiger partial charge in [0.1, 0.15) is 12.1 Å². The first-order valence-corrected chi connectivity index (χ1v) is 5.93. The molecule has 0 amide bonds. The summed E-state index contributed by atoms with van der Waals surface area (Å²) in [5.74, 6) is 1.05. The van der Waals surface area contributed by atoms with Crippen LogP contribution in [0.4, 0.5) is 5.82 Å². The summed E-state index contributed by atoms with van der Waals surface area (Å²) in [5.41, 5.74) is 6.73. The molecule has 1 fully saturated rings. The highest BCUT2D eigenvalue weighted by Crippen LogP contribution is 2.32. The van der Waals surface area contributed by atoms with Gasteiger partial charge in [-0.3, -0.25) is 0 Å². The molecule has 0 saturated carbocycles. The van der Waals surface area contributed by atoms with Gasteiger partial charge >= 0.3 is 0 Å². The van der Waals surface area contributed by atoms with Crippen molar-refractivity contribution in [1.29, 1.82) is 0 Å². The van der Waals surface area contributed by atoms with E-state index in [1.54, 1.807) is 17.7 Å². The molecule has 0 aromatic carbocycles. The molecule has 0 spiro atoms. The SMILES string of the molecule is NCC1CCN1c1ncnc2ccsc12. The third kappa shape index (κ3) is 1.31. The van der Waals surface area contributed by atoms with Crippen molar-refractivity contribution in [2.45, 2.75) is 12.5 Å². The Morgan fingerprint density at radius 3 is 3.20 bits per heavy atom. The minimum Gasteiger partial charge on any atom is -0.351 e. The summed E-state index contributed by atoms with van der Waals surface area (Å²) in [5, 5.41) is 2.06. The standard InChI is InChI=1S/C10H12N4S/c11-5-7-1-3-14(7)10-9-8(2-4-15-9)12-6-13-10/h2,4,6-7H,1,3,5,11H2. The van der Waals surface area contributed by atoms with E-state index in [4.69, 9.17) is 5.73 Å². The molecule has 1 aliphatic heterocycles. The maximum absolute atomic E-state index is 5.70. The summed E-state index contributed by atoms with van der Waals surface area (Å²) >= 11 is 1.70. The Hall–Kier alpha value is -1.20. The second-order valence-corrected chi connectivity index (χ2v) is 4.62. The second kappa shape index (κ2) is 3.43. The number of hydrogen-bond acceptors (Lipinski definition) is 5. The zero-order valence-electron chi connectivity index (χ0n) is 8.26. The van der Waals surface area contributed by atoms with Crippen molar-refractivity contribution in [3.05, 3.63) is 17.8 Å². The van der Waals surface area contributed by atoms with Crippen LogP contribution in [0.15, 0.2) is 17.8 Å². The second-order valence-electron chi connectivity index (χ2n) is 3.70. The predicted octanol–water partition coefficient (Wildman–Crippen LogP) is 1.23. The first-order chi connectivity index (χ1) is 7.40. The Labute approximate surface area is 91.7 Å². The molecular weight excluding hydrogens is 208 g/mol. The van der Waals surface area contributed by atoms with E-state index in [2.05, 4.69) is 20.2 Å². The first kappa shape index (κ1) is 9.06. The molecule has 0 aliphatic carbocycles. The van der Waals surface area contributed by atoms with E-state index in [1.807, 2.05) is 6.07 Å². The van der Waals surface area contributed by atoms with Crippen LogP contribution in [0.2, 0.25) is 0 Å². The molecule has 15 heavy (non-hydrogen) atoms. The van der Waals surface area contributed by atoms with Gasteiger partial charge in [-0.05, 0) is 17.9 Å². The van der Waals surface area contributed by atoms with Crippen LogP contribution >= 0.6 is 11.3 Å². The average Bonchev–Trinajstić information content (AvgIpc) is 2.65. The molecule has 5 heteroatoms. The van der Waals surface area contributed by atoms with Gasteiger partial charge in [-0.2, -0.15) is 0 Å². The number of aromatic nitrogens is 2. The number of fused-ring (bicyclic) bond motifs is 1. The molecule has 1 unspecified atom stereocenters. The van der Waals surface area contributed by atoms with Gasteiger partial charge in [-0.1, -0.05) is 0 Å². The van der Waals surface area contributed by atoms with Gasteiger partial charge in [0.2, 0.25) is 0 Å². The van der Waals surface area contributed by atoms with Gasteiger partial charge in [0, 0.05) is 19.1 Å². The van der Waals surface area contributed by atoms with E-state index in [0.717, 1.165) is 17.9 Å². The first-order valence-electron chi connectivity index (χ1n) is 5.05. The van der Waals surface area contributed by atoms with Gasteiger partial charge in [-0.25, -0.2) is 9.97 Å². The van der Waals surface area contributed by atoms with E-state index in [1.165, 1.54) is 11.1 Å². The number of rotatable bonds is 2. The van der Waals surface area contributed by atoms with Crippen LogP contribution in [-0.2, 0) is 0 Å². The third-order valence-corrected chi connectivity index (χ3v) is 3.81. The number of nitrogens with two attached hydrogens (primary N) is 1. The van der Waals surface area contributed by atoms with Crippen LogP contribution in [0.25, 0.3) is 10.2 Å². The van der Waals surface area contributed by atoms with Crippen LogP contribution in [0.1, 0.15) is 6.42 Å². The van der Waals surface area contributed by atoms with Crippen molar-refractivity contribution in [2.24, 2.45) is 5.73 Å². The zero-order valence-corrected chi connectivity index (χ0v) is 9.07. The Bertz CT molecular complexity index is 479. The fourth-order valence-corrected chi connectivity index (χ4v) is 2.80. The van der Waals surface area contributed by atoms with Crippen molar-refractivity contribution in [1.82, 2.24) is 9.97 Å². The Morgan fingerprint density at radius 2 is 2.47 bits per heavy atom. The number of hydrogen-bond donors (Lipinski definition) is 1. The van der Waals surface area contributed by atoms with Gasteiger partial charge < -0.3 is 10.6 Å². The number of nitrogens with zero attached hydrogens (tertiary/aromatic N) is 3. The highest BCUT2D eigenvalue weighted by atomic mass is 32.1. The van der Waals surface area contributed by atoms with Crippen molar-refractivity contribution in [3.63, 3.8) is 0 Å². The molecular formula is C10H12N4S. The van der Waals surface area contributed by atoms with E-state index >= 15 is 0 Å². The molecule has 2 N–H and O–H groups in total. The molecule has 0 radical (unpaired) electrons. The predicted molar refractivity (Wildman–Crippen MR) is 62.2 cm³/mol. The van der Waals surface area contributed by atoms with Crippen LogP contribution in [0, 0.1) is 0 Å². The van der Waals surface area contributed by atoms with E-state index < -0.39 is 0 Å². The average molecular weight is 220 g/mol. The molecule has 78 valence electrons. The molecule has 2 aromatic rings. The summed E-state index contributed by atoms with van der Waals surface area (Å²) in [7, 11) is 0. The number of anilines is 1.